The van der Waals surface area contributed by atoms with E-state index in [0.29, 0.717) is 13.0 Å². The second-order valence-corrected chi connectivity index (χ2v) is 8.14. The lowest BCUT2D eigenvalue weighted by Crippen LogP contribution is -2.36. The minimum atomic E-state index is -0.988. The number of ether oxygens (including phenoxy) is 2. The average molecular weight is 563 g/mol. The number of benzene rings is 1. The normalized spacial score (nSPS) is 10.9. The number of aromatic nitrogens is 2. The molecule has 0 aliphatic heterocycles. The van der Waals surface area contributed by atoms with E-state index in [1.54, 1.807) is 28.9 Å². The van der Waals surface area contributed by atoms with Crippen LogP contribution in [0.2, 0.25) is 0 Å². The Morgan fingerprint density at radius 2 is 2.00 bits per heavy atom. The molecule has 174 valence electrons. The molecule has 1 aromatic heterocycles. The first-order chi connectivity index (χ1) is 15.2. The molecule has 0 aliphatic carbocycles. The molecule has 9 nitrogen and oxygen atoms in total. The summed E-state index contributed by atoms with van der Waals surface area (Å²) in [6.45, 7) is 2.01. The Balaban J connectivity index is 2.34. The zero-order chi connectivity index (χ0) is 23.8. The Morgan fingerprint density at radius 3 is 2.62 bits per heavy atom. The maximum Gasteiger partial charge on any atom is 0.510 e. The van der Waals surface area contributed by atoms with E-state index in [0.717, 1.165) is 26.6 Å². The van der Waals surface area contributed by atoms with Crippen molar-refractivity contribution in [2.45, 2.75) is 32.6 Å². The summed E-state index contributed by atoms with van der Waals surface area (Å²) in [6.07, 6.45) is 1.42. The molecule has 0 saturated heterocycles. The molecule has 2 aromatic rings. The molecule has 2 rings (SSSR count). The Morgan fingerprint density at radius 1 is 1.28 bits per heavy atom. The van der Waals surface area contributed by atoms with Crippen molar-refractivity contribution in [2.24, 2.45) is 0 Å². The van der Waals surface area contributed by atoms with Gasteiger partial charge in [-0.1, -0.05) is 19.8 Å². The third-order valence-electron chi connectivity index (χ3n) is 4.48. The predicted octanol–water partition coefficient (Wildman–Crippen LogP) is 3.97. The van der Waals surface area contributed by atoms with Gasteiger partial charge in [0.1, 0.15) is 23.7 Å². The number of nitrogens with zero attached hydrogens (tertiary/aromatic N) is 5. The van der Waals surface area contributed by atoms with Crippen LogP contribution >= 0.6 is 22.9 Å². The standard InChI is InChI=1S/C20H24F2IN5O4/c1-4-5-6-7-15(29)27(12-32-20(30)31-9-8-26(2)3)19-25-17-14(21)10-13(11-24)16(22)18(17)28(19)23/h10H,4-9,12H2,1-3H3. The number of amides is 1. The number of rotatable bonds is 10. The van der Waals surface area contributed by atoms with Gasteiger partial charge >= 0.3 is 6.16 Å². The molecule has 0 spiro atoms. The smallest absolute Gasteiger partial charge is 0.433 e. The molecule has 0 atom stereocenters. The van der Waals surface area contributed by atoms with Crippen LogP contribution in [0, 0.1) is 23.0 Å². The topological polar surface area (TPSA) is 101 Å². The second-order valence-electron chi connectivity index (χ2n) is 7.18. The van der Waals surface area contributed by atoms with Gasteiger partial charge in [-0.25, -0.2) is 26.2 Å². The maximum atomic E-state index is 14.7. The monoisotopic (exact) mass is 563 g/mol. The number of nitriles is 1. The number of likely N-dealkylation sites (N-methyl/N-ethyl adjacent to an activating group) is 1. The summed E-state index contributed by atoms with van der Waals surface area (Å²) >= 11 is 1.66. The molecule has 12 heteroatoms. The molecule has 1 aromatic carbocycles. The van der Waals surface area contributed by atoms with Gasteiger partial charge < -0.3 is 14.4 Å². The lowest BCUT2D eigenvalue weighted by Gasteiger charge is -2.21. The summed E-state index contributed by atoms with van der Waals surface area (Å²) in [5.41, 5.74) is -1.11. The second kappa shape index (κ2) is 11.9. The fourth-order valence-electron chi connectivity index (χ4n) is 2.75. The van der Waals surface area contributed by atoms with Gasteiger partial charge in [-0.2, -0.15) is 5.26 Å². The number of carbonyl (C=O) groups excluding carboxylic acids is 2. The van der Waals surface area contributed by atoms with Crippen LogP contribution in [0.15, 0.2) is 6.07 Å². The third-order valence-corrected chi connectivity index (χ3v) is 5.39. The number of anilines is 1. The van der Waals surface area contributed by atoms with Crippen molar-refractivity contribution in [1.29, 1.82) is 5.26 Å². The third kappa shape index (κ3) is 6.26. The number of imidazole rings is 1. The van der Waals surface area contributed by atoms with E-state index in [9.17, 15) is 18.4 Å². The first kappa shape index (κ1) is 25.7. The first-order valence-electron chi connectivity index (χ1n) is 9.92. The lowest BCUT2D eigenvalue weighted by molar-refractivity contribution is -0.119. The van der Waals surface area contributed by atoms with Crippen LogP contribution in [0.4, 0.5) is 19.5 Å². The van der Waals surface area contributed by atoms with Crippen LogP contribution in [0.25, 0.3) is 11.0 Å². The fraction of sp³-hybridized carbons (Fsp3) is 0.500. The van der Waals surface area contributed by atoms with Crippen molar-refractivity contribution in [3.63, 3.8) is 0 Å². The molecule has 0 aliphatic rings. The van der Waals surface area contributed by atoms with Gasteiger partial charge in [-0.05, 0) is 26.6 Å². The van der Waals surface area contributed by atoms with Gasteiger partial charge in [0.25, 0.3) is 0 Å². The number of unbranched alkanes of at least 4 members (excludes halogenated alkanes) is 2. The summed E-state index contributed by atoms with van der Waals surface area (Å²) in [5, 5.41) is 9.04. The fourth-order valence-corrected chi connectivity index (χ4v) is 3.56. The molecule has 0 unspecified atom stereocenters. The van der Waals surface area contributed by atoms with Gasteiger partial charge in [-0.3, -0.25) is 4.79 Å². The van der Waals surface area contributed by atoms with Crippen LogP contribution in [0.5, 0.6) is 0 Å². The highest BCUT2D eigenvalue weighted by molar-refractivity contribution is 14.1. The van der Waals surface area contributed by atoms with Gasteiger partial charge in [-0.15, -0.1) is 0 Å². The number of fused-ring (bicyclic) bond motifs is 1. The van der Waals surface area contributed by atoms with Crippen LogP contribution in [-0.4, -0.2) is 58.7 Å². The van der Waals surface area contributed by atoms with Crippen molar-refractivity contribution in [2.75, 3.05) is 38.9 Å². The lowest BCUT2D eigenvalue weighted by atomic mass is 10.2. The molecule has 0 N–H and O–H groups in total. The largest absolute Gasteiger partial charge is 0.510 e. The molecule has 0 fully saturated rings. The van der Waals surface area contributed by atoms with Crippen LogP contribution in [-0.2, 0) is 14.3 Å². The summed E-state index contributed by atoms with van der Waals surface area (Å²) in [4.78, 5) is 31.7. The van der Waals surface area contributed by atoms with Crippen molar-refractivity contribution < 1.29 is 27.8 Å². The quantitative estimate of drug-likeness (QED) is 0.187. The Bertz CT molecular complexity index is 1020. The van der Waals surface area contributed by atoms with E-state index < -0.39 is 36.0 Å². The first-order valence-corrected chi connectivity index (χ1v) is 10.9. The van der Waals surface area contributed by atoms with Gasteiger partial charge in [0.15, 0.2) is 18.4 Å². The van der Waals surface area contributed by atoms with E-state index in [1.165, 1.54) is 0 Å². The number of hydrogen-bond donors (Lipinski definition) is 0. The Hall–Kier alpha value is -2.53. The van der Waals surface area contributed by atoms with Crippen LogP contribution < -0.4 is 4.90 Å². The zero-order valence-electron chi connectivity index (χ0n) is 18.0. The SMILES string of the molecule is CCCCCC(=O)N(COC(=O)OCCN(C)C)c1nc2c(F)cc(C#N)c(F)c2n1I. The van der Waals surface area contributed by atoms with Crippen molar-refractivity contribution in [3.05, 3.63) is 23.3 Å². The predicted molar refractivity (Wildman–Crippen MR) is 121 cm³/mol. The molecule has 0 radical (unpaired) electrons. The van der Waals surface area contributed by atoms with E-state index in [-0.39, 0.29) is 30.0 Å². The molecule has 0 bridgehead atoms. The van der Waals surface area contributed by atoms with Gasteiger partial charge in [0, 0.05) is 13.0 Å². The van der Waals surface area contributed by atoms with Gasteiger partial charge in [0.2, 0.25) is 11.9 Å². The molecular formula is C20H24F2IN5O4. The Labute approximate surface area is 198 Å². The number of carbonyl (C=O) groups is 2. The Kier molecular flexibility index (Phi) is 9.58. The summed E-state index contributed by atoms with van der Waals surface area (Å²) in [5.74, 6) is -2.43. The van der Waals surface area contributed by atoms with Crippen molar-refractivity contribution in [3.8, 4) is 6.07 Å². The van der Waals surface area contributed by atoms with E-state index in [2.05, 4.69) is 4.98 Å². The van der Waals surface area contributed by atoms with Crippen LogP contribution in [0.1, 0.15) is 38.2 Å². The summed E-state index contributed by atoms with van der Waals surface area (Å²) in [6, 6.07) is 2.34. The number of hydrogen-bond acceptors (Lipinski definition) is 7. The summed E-state index contributed by atoms with van der Waals surface area (Å²) < 4.78 is 40.2. The van der Waals surface area contributed by atoms with E-state index >= 15 is 0 Å². The molecule has 1 amide bonds. The zero-order valence-corrected chi connectivity index (χ0v) is 20.2. The van der Waals surface area contributed by atoms with E-state index in [1.807, 2.05) is 25.9 Å². The highest BCUT2D eigenvalue weighted by Crippen LogP contribution is 2.31. The minimum absolute atomic E-state index is 0.0917. The molecular weight excluding hydrogens is 539 g/mol. The number of halogens is 3. The maximum absolute atomic E-state index is 14.7. The molecule has 32 heavy (non-hydrogen) atoms. The highest BCUT2D eigenvalue weighted by atomic mass is 127. The molecule has 0 saturated carbocycles. The minimum Gasteiger partial charge on any atom is -0.433 e. The molecule has 1 heterocycles. The van der Waals surface area contributed by atoms with Crippen LogP contribution in [0.3, 0.4) is 0 Å². The van der Waals surface area contributed by atoms with E-state index in [4.69, 9.17) is 14.7 Å². The average Bonchev–Trinajstić information content (AvgIpc) is 3.08. The van der Waals surface area contributed by atoms with Crippen molar-refractivity contribution in [1.82, 2.24) is 12.7 Å². The summed E-state index contributed by atoms with van der Waals surface area (Å²) in [7, 11) is 3.62. The van der Waals surface area contributed by atoms with Gasteiger partial charge in [0.05, 0.1) is 28.4 Å². The highest BCUT2D eigenvalue weighted by Gasteiger charge is 2.27. The van der Waals surface area contributed by atoms with Crippen molar-refractivity contribution >= 4 is 51.9 Å².